The van der Waals surface area contributed by atoms with Crippen molar-refractivity contribution in [2.75, 3.05) is 0 Å². The molecular formula is C17H22BrNO2. The maximum Gasteiger partial charge on any atom is 0.234 e. The van der Waals surface area contributed by atoms with Gasteiger partial charge in [0.15, 0.2) is 0 Å². The predicted molar refractivity (Wildman–Crippen MR) is 86.8 cm³/mol. The van der Waals surface area contributed by atoms with Crippen molar-refractivity contribution in [1.29, 1.82) is 0 Å². The first kappa shape index (κ1) is 16.2. The van der Waals surface area contributed by atoms with E-state index < -0.39 is 0 Å². The third-order valence-electron chi connectivity index (χ3n) is 4.26. The molecule has 2 unspecified atom stereocenters. The summed E-state index contributed by atoms with van der Waals surface area (Å²) in [6, 6.07) is 7.83. The van der Waals surface area contributed by atoms with Gasteiger partial charge in [-0.25, -0.2) is 0 Å². The van der Waals surface area contributed by atoms with Gasteiger partial charge < -0.3 is 0 Å². The predicted octanol–water partition coefficient (Wildman–Crippen LogP) is 4.02. The van der Waals surface area contributed by atoms with Gasteiger partial charge in [-0.15, -0.1) is 0 Å². The number of halogens is 1. The van der Waals surface area contributed by atoms with Gasteiger partial charge >= 0.3 is 0 Å². The fourth-order valence-corrected chi connectivity index (χ4v) is 3.55. The highest BCUT2D eigenvalue weighted by Gasteiger charge is 2.45. The number of nitrogens with one attached hydrogen (secondary N) is 1. The van der Waals surface area contributed by atoms with Crippen molar-refractivity contribution in [3.63, 3.8) is 0 Å². The van der Waals surface area contributed by atoms with Crippen molar-refractivity contribution < 1.29 is 9.59 Å². The molecule has 3 nitrogen and oxygen atoms in total. The summed E-state index contributed by atoms with van der Waals surface area (Å²) in [5.74, 6) is -0.0374. The van der Waals surface area contributed by atoms with E-state index in [1.807, 2.05) is 24.3 Å². The van der Waals surface area contributed by atoms with E-state index in [-0.39, 0.29) is 23.1 Å². The molecule has 0 aliphatic carbocycles. The van der Waals surface area contributed by atoms with Crippen LogP contribution in [0.1, 0.15) is 51.5 Å². The number of rotatable bonds is 4. The van der Waals surface area contributed by atoms with E-state index in [0.29, 0.717) is 12.3 Å². The smallest absolute Gasteiger partial charge is 0.234 e. The number of hydrogen-bond acceptors (Lipinski definition) is 2. The Hall–Kier alpha value is -1.16. The number of hydrogen-bond donors (Lipinski definition) is 1. The molecule has 2 rings (SSSR count). The van der Waals surface area contributed by atoms with Crippen LogP contribution in [0.3, 0.4) is 0 Å². The van der Waals surface area contributed by atoms with Crippen LogP contribution < -0.4 is 5.32 Å². The zero-order valence-corrected chi connectivity index (χ0v) is 14.4. The molecule has 1 aromatic rings. The van der Waals surface area contributed by atoms with Crippen molar-refractivity contribution in [2.45, 2.75) is 46.0 Å². The van der Waals surface area contributed by atoms with Gasteiger partial charge in [-0.05, 0) is 35.4 Å². The molecule has 0 bridgehead atoms. The van der Waals surface area contributed by atoms with E-state index in [1.54, 1.807) is 0 Å². The Morgan fingerprint density at radius 3 is 2.71 bits per heavy atom. The minimum absolute atomic E-state index is 0.155. The van der Waals surface area contributed by atoms with Gasteiger partial charge in [0.2, 0.25) is 11.8 Å². The Morgan fingerprint density at radius 2 is 2.10 bits per heavy atom. The van der Waals surface area contributed by atoms with Crippen molar-refractivity contribution in [1.82, 2.24) is 5.32 Å². The van der Waals surface area contributed by atoms with E-state index in [9.17, 15) is 9.59 Å². The monoisotopic (exact) mass is 351 g/mol. The van der Waals surface area contributed by atoms with Gasteiger partial charge in [0, 0.05) is 10.9 Å². The molecule has 1 fully saturated rings. The number of piperidine rings is 1. The lowest BCUT2D eigenvalue weighted by molar-refractivity contribution is -0.139. The van der Waals surface area contributed by atoms with Crippen LogP contribution in [0.2, 0.25) is 0 Å². The summed E-state index contributed by atoms with van der Waals surface area (Å²) in [6.45, 7) is 6.40. The molecule has 1 saturated heterocycles. The highest BCUT2D eigenvalue weighted by molar-refractivity contribution is 9.10. The molecule has 2 atom stereocenters. The molecule has 1 N–H and O–H groups in total. The number of amides is 2. The molecule has 4 heteroatoms. The van der Waals surface area contributed by atoms with Crippen LogP contribution in [0.5, 0.6) is 0 Å². The molecular weight excluding hydrogens is 330 g/mol. The number of carbonyl (C=O) groups is 2. The Bertz CT molecular complexity index is 555. The second-order valence-electron chi connectivity index (χ2n) is 6.66. The van der Waals surface area contributed by atoms with Crippen molar-refractivity contribution in [3.05, 3.63) is 34.3 Å². The quantitative estimate of drug-likeness (QED) is 0.832. The summed E-state index contributed by atoms with van der Waals surface area (Å²) in [4.78, 5) is 24.3. The topological polar surface area (TPSA) is 46.2 Å². The van der Waals surface area contributed by atoms with Gasteiger partial charge in [0.05, 0.1) is 5.92 Å². The van der Waals surface area contributed by atoms with E-state index in [2.05, 4.69) is 42.0 Å². The largest absolute Gasteiger partial charge is 0.296 e. The molecule has 2 amide bonds. The normalized spacial score (nSPS) is 26.0. The second kappa shape index (κ2) is 6.30. The lowest BCUT2D eigenvalue weighted by atomic mass is 9.65. The van der Waals surface area contributed by atoms with E-state index in [0.717, 1.165) is 22.9 Å². The zero-order chi connectivity index (χ0) is 15.6. The second-order valence-corrected chi connectivity index (χ2v) is 7.58. The molecule has 1 heterocycles. The van der Waals surface area contributed by atoms with Gasteiger partial charge in [-0.2, -0.15) is 0 Å². The first-order valence-electron chi connectivity index (χ1n) is 7.41. The van der Waals surface area contributed by atoms with Crippen LogP contribution in [0.4, 0.5) is 0 Å². The summed E-state index contributed by atoms with van der Waals surface area (Å²) >= 11 is 3.46. The van der Waals surface area contributed by atoms with Gasteiger partial charge in [-0.3, -0.25) is 14.9 Å². The maximum atomic E-state index is 12.4. The van der Waals surface area contributed by atoms with Crippen LogP contribution in [0.15, 0.2) is 28.7 Å². The van der Waals surface area contributed by atoms with E-state index in [1.165, 1.54) is 0 Å². The van der Waals surface area contributed by atoms with Gasteiger partial charge in [-0.1, -0.05) is 55.3 Å². The van der Waals surface area contributed by atoms with Crippen LogP contribution >= 0.6 is 15.9 Å². The van der Waals surface area contributed by atoms with Crippen LogP contribution in [0, 0.1) is 11.3 Å². The summed E-state index contributed by atoms with van der Waals surface area (Å²) in [7, 11) is 0. The molecule has 1 aliphatic rings. The summed E-state index contributed by atoms with van der Waals surface area (Å²) in [5, 5.41) is 2.50. The molecule has 1 aliphatic heterocycles. The van der Waals surface area contributed by atoms with Crippen LogP contribution in [-0.2, 0) is 9.59 Å². The minimum Gasteiger partial charge on any atom is -0.296 e. The average Bonchev–Trinajstić information content (AvgIpc) is 2.35. The van der Waals surface area contributed by atoms with Crippen molar-refractivity contribution in [3.8, 4) is 0 Å². The van der Waals surface area contributed by atoms with Gasteiger partial charge in [0.1, 0.15) is 0 Å². The average molecular weight is 352 g/mol. The molecule has 0 spiro atoms. The zero-order valence-electron chi connectivity index (χ0n) is 12.8. The Labute approximate surface area is 134 Å². The van der Waals surface area contributed by atoms with Crippen LogP contribution in [-0.4, -0.2) is 11.8 Å². The minimum atomic E-state index is -0.315. The highest BCUT2D eigenvalue weighted by Crippen LogP contribution is 2.46. The lowest BCUT2D eigenvalue weighted by Gasteiger charge is -2.40. The third-order valence-corrected chi connectivity index (χ3v) is 4.75. The maximum absolute atomic E-state index is 12.4. The van der Waals surface area contributed by atoms with Crippen molar-refractivity contribution >= 4 is 27.7 Å². The fraction of sp³-hybridized carbons (Fsp3) is 0.529. The van der Waals surface area contributed by atoms with E-state index >= 15 is 0 Å². The Kier molecular flexibility index (Phi) is 4.87. The first-order chi connectivity index (χ1) is 9.82. The molecule has 1 aromatic carbocycles. The summed E-state index contributed by atoms with van der Waals surface area (Å²) in [5.41, 5.74) is 0.658. The summed E-state index contributed by atoms with van der Waals surface area (Å²) in [6.07, 6.45) is 2.30. The number of carbonyl (C=O) groups excluding carboxylic acids is 2. The number of imide groups is 1. The van der Waals surface area contributed by atoms with Gasteiger partial charge in [0.25, 0.3) is 0 Å². The molecule has 0 saturated carbocycles. The standard InChI is InChI=1S/C17H22BrNO2/c1-11(2)7-8-17(3)10-14(20)19-16(21)15(17)12-5-4-6-13(18)9-12/h4-6,9,11,15H,7-8,10H2,1-3H3,(H,19,20,21). The van der Waals surface area contributed by atoms with E-state index in [4.69, 9.17) is 0 Å². The third kappa shape index (κ3) is 3.73. The number of benzene rings is 1. The summed E-state index contributed by atoms with van der Waals surface area (Å²) < 4.78 is 0.955. The molecule has 21 heavy (non-hydrogen) atoms. The molecule has 114 valence electrons. The molecule has 0 radical (unpaired) electrons. The van der Waals surface area contributed by atoms with Crippen molar-refractivity contribution in [2.24, 2.45) is 11.3 Å². The van der Waals surface area contributed by atoms with Crippen LogP contribution in [0.25, 0.3) is 0 Å². The molecule has 0 aromatic heterocycles. The Balaban J connectivity index is 2.37. The SMILES string of the molecule is CC(C)CCC1(C)CC(=O)NC(=O)C1c1cccc(Br)c1. The first-order valence-corrected chi connectivity index (χ1v) is 8.20. The fourth-order valence-electron chi connectivity index (χ4n) is 3.13. The Morgan fingerprint density at radius 1 is 1.38 bits per heavy atom. The lowest BCUT2D eigenvalue weighted by Crippen LogP contribution is -2.49. The highest BCUT2D eigenvalue weighted by atomic mass is 79.9.